The van der Waals surface area contributed by atoms with Crippen molar-refractivity contribution < 1.29 is 9.47 Å². The number of nitrogens with zero attached hydrogens (tertiary/aromatic N) is 2. The van der Waals surface area contributed by atoms with Crippen molar-refractivity contribution in [1.29, 1.82) is 10.5 Å². The molecule has 0 aliphatic carbocycles. The van der Waals surface area contributed by atoms with Gasteiger partial charge in [-0.25, -0.2) is 0 Å². The smallest absolute Gasteiger partial charge is 0.171 e. The largest absolute Gasteiger partial charge is 0.453 e. The van der Waals surface area contributed by atoms with Crippen LogP contribution >= 0.6 is 0 Å². The van der Waals surface area contributed by atoms with Crippen LogP contribution in [0.15, 0.2) is 121 Å². The normalized spacial score (nSPS) is 11.3. The minimum atomic E-state index is -0.183. The number of rotatable bonds is 8. The average Bonchev–Trinajstić information content (AvgIpc) is 3.03. The summed E-state index contributed by atoms with van der Waals surface area (Å²) in [5.41, 5.74) is 4.82. The molecule has 0 aliphatic rings. The van der Waals surface area contributed by atoms with Crippen molar-refractivity contribution in [3.05, 3.63) is 155 Å². The summed E-state index contributed by atoms with van der Waals surface area (Å²) in [6, 6.07) is 43.9. The van der Waals surface area contributed by atoms with Crippen LogP contribution in [0.25, 0.3) is 0 Å². The Balaban J connectivity index is 1.42. The van der Waals surface area contributed by atoms with E-state index in [2.05, 4.69) is 64.1 Å². The van der Waals surface area contributed by atoms with E-state index in [-0.39, 0.29) is 22.0 Å². The molecule has 0 saturated carbocycles. The Morgan fingerprint density at radius 2 is 0.762 bits per heavy atom. The zero-order valence-electron chi connectivity index (χ0n) is 24.3. The molecule has 0 amide bonds. The topological polar surface area (TPSA) is 66.0 Å². The Morgan fingerprint density at radius 3 is 1.07 bits per heavy atom. The van der Waals surface area contributed by atoms with Crippen LogP contribution in [0.2, 0.25) is 0 Å². The van der Waals surface area contributed by atoms with Gasteiger partial charge >= 0.3 is 0 Å². The molecule has 5 aromatic carbocycles. The minimum absolute atomic E-state index is 0.183. The van der Waals surface area contributed by atoms with Gasteiger partial charge in [-0.3, -0.25) is 0 Å². The molecular weight excluding hydrogens is 516 g/mol. The van der Waals surface area contributed by atoms with Crippen LogP contribution in [0.4, 0.5) is 0 Å². The van der Waals surface area contributed by atoms with Crippen LogP contribution in [0.1, 0.15) is 61.1 Å². The summed E-state index contributed by atoms with van der Waals surface area (Å²) < 4.78 is 12.5. The summed E-state index contributed by atoms with van der Waals surface area (Å²) in [6.45, 7) is 8.76. The highest BCUT2D eigenvalue weighted by atomic mass is 16.5. The molecule has 0 unspecified atom stereocenters. The minimum Gasteiger partial charge on any atom is -0.453 e. The van der Waals surface area contributed by atoms with Gasteiger partial charge in [-0.05, 0) is 46.5 Å². The monoisotopic (exact) mass is 548 g/mol. The van der Waals surface area contributed by atoms with Gasteiger partial charge in [0.25, 0.3) is 0 Å². The molecular formula is C38H32N2O2. The second kappa shape index (κ2) is 11.7. The van der Waals surface area contributed by atoms with Crippen molar-refractivity contribution in [2.24, 2.45) is 0 Å². The first-order valence-corrected chi connectivity index (χ1v) is 13.9. The third-order valence-corrected chi connectivity index (χ3v) is 7.92. The third kappa shape index (κ3) is 5.75. The van der Waals surface area contributed by atoms with Crippen LogP contribution in [0.3, 0.4) is 0 Å². The summed E-state index contributed by atoms with van der Waals surface area (Å²) in [5, 5.41) is 19.3. The molecule has 4 heteroatoms. The van der Waals surface area contributed by atoms with Gasteiger partial charge in [0.05, 0.1) is 11.1 Å². The Morgan fingerprint density at radius 1 is 0.452 bits per heavy atom. The molecule has 42 heavy (non-hydrogen) atoms. The van der Waals surface area contributed by atoms with Crippen molar-refractivity contribution in [3.63, 3.8) is 0 Å². The lowest BCUT2D eigenvalue weighted by Crippen LogP contribution is -2.18. The molecule has 0 aromatic heterocycles. The van der Waals surface area contributed by atoms with Crippen LogP contribution < -0.4 is 9.47 Å². The molecule has 4 nitrogen and oxygen atoms in total. The Hall–Kier alpha value is -5.32. The number of hydrogen-bond acceptors (Lipinski definition) is 4. The van der Waals surface area contributed by atoms with Crippen molar-refractivity contribution in [1.82, 2.24) is 0 Å². The van der Waals surface area contributed by atoms with Gasteiger partial charge in [-0.15, -0.1) is 0 Å². The first-order valence-electron chi connectivity index (χ1n) is 13.9. The lowest BCUT2D eigenvalue weighted by Gasteiger charge is -2.26. The zero-order chi connectivity index (χ0) is 29.7. The van der Waals surface area contributed by atoms with Crippen molar-refractivity contribution >= 4 is 0 Å². The van der Waals surface area contributed by atoms with Gasteiger partial charge in [0.2, 0.25) is 0 Å². The highest BCUT2D eigenvalue weighted by Crippen LogP contribution is 2.39. The molecule has 0 radical (unpaired) electrons. The molecule has 0 saturated heterocycles. The third-order valence-electron chi connectivity index (χ3n) is 7.92. The Bertz CT molecular complexity index is 1620. The zero-order valence-corrected chi connectivity index (χ0v) is 24.3. The molecule has 0 spiro atoms. The van der Waals surface area contributed by atoms with E-state index in [0.29, 0.717) is 23.0 Å². The van der Waals surface area contributed by atoms with Gasteiger partial charge in [0.15, 0.2) is 11.5 Å². The van der Waals surface area contributed by atoms with Gasteiger partial charge in [0, 0.05) is 23.0 Å². The summed E-state index contributed by atoms with van der Waals surface area (Å²) in [4.78, 5) is 0. The van der Waals surface area contributed by atoms with E-state index in [1.54, 1.807) is 12.1 Å². The predicted octanol–water partition coefficient (Wildman–Crippen LogP) is 9.67. The first kappa shape index (κ1) is 28.2. The molecule has 206 valence electrons. The maximum atomic E-state index is 9.66. The number of ether oxygens (including phenoxy) is 2. The van der Waals surface area contributed by atoms with Crippen molar-refractivity contribution in [3.8, 4) is 35.1 Å². The lowest BCUT2D eigenvalue weighted by molar-refractivity contribution is 0.418. The van der Waals surface area contributed by atoms with Gasteiger partial charge in [-0.1, -0.05) is 113 Å². The second-order valence-electron chi connectivity index (χ2n) is 11.3. The first-order chi connectivity index (χ1) is 20.2. The van der Waals surface area contributed by atoms with E-state index >= 15 is 0 Å². The van der Waals surface area contributed by atoms with Gasteiger partial charge in [0.1, 0.15) is 23.6 Å². The summed E-state index contributed by atoms with van der Waals surface area (Å²) in [5.74, 6) is 1.91. The maximum Gasteiger partial charge on any atom is 0.171 e. The number of nitriles is 2. The van der Waals surface area contributed by atoms with E-state index in [0.717, 1.165) is 11.1 Å². The molecule has 0 aliphatic heterocycles. The molecule has 0 N–H and O–H groups in total. The van der Waals surface area contributed by atoms with E-state index in [1.165, 1.54) is 11.1 Å². The predicted molar refractivity (Wildman–Crippen MR) is 166 cm³/mol. The number of benzene rings is 5. The van der Waals surface area contributed by atoms with E-state index in [1.807, 2.05) is 84.9 Å². The lowest BCUT2D eigenvalue weighted by atomic mass is 9.78. The van der Waals surface area contributed by atoms with E-state index in [4.69, 9.17) is 9.47 Å². The SMILES string of the molecule is CC(C)(c1ccccc1)c1ccc(Oc2cc(C#N)c(C#N)cc2Oc2ccc(C(C)(C)c3ccccc3)cc2)cc1. The summed E-state index contributed by atoms with van der Waals surface area (Å²) in [6.07, 6.45) is 0. The fourth-order valence-electron chi connectivity index (χ4n) is 5.08. The van der Waals surface area contributed by atoms with Crippen LogP contribution in [-0.2, 0) is 10.8 Å². The fourth-order valence-corrected chi connectivity index (χ4v) is 5.08. The van der Waals surface area contributed by atoms with Crippen LogP contribution in [-0.4, -0.2) is 0 Å². The molecule has 0 fully saturated rings. The Labute approximate surface area is 248 Å². The maximum absolute atomic E-state index is 9.66. The van der Waals surface area contributed by atoms with Crippen LogP contribution in [0.5, 0.6) is 23.0 Å². The quantitative estimate of drug-likeness (QED) is 0.194. The van der Waals surface area contributed by atoms with Crippen LogP contribution in [0, 0.1) is 22.7 Å². The van der Waals surface area contributed by atoms with E-state index in [9.17, 15) is 10.5 Å². The molecule has 0 bridgehead atoms. The standard InChI is InChI=1S/C38H32N2O2/c1-37(2,29-11-7-5-8-12-29)31-15-19-33(20-16-31)41-35-23-27(25-39)28(26-40)24-36(35)42-34-21-17-32(18-22-34)38(3,4)30-13-9-6-10-14-30/h5-24H,1-4H3. The molecule has 0 heterocycles. The number of hydrogen-bond donors (Lipinski definition) is 0. The van der Waals surface area contributed by atoms with Gasteiger partial charge in [-0.2, -0.15) is 10.5 Å². The molecule has 5 rings (SSSR count). The summed E-state index contributed by atoms with van der Waals surface area (Å²) in [7, 11) is 0. The van der Waals surface area contributed by atoms with Crippen molar-refractivity contribution in [2.75, 3.05) is 0 Å². The van der Waals surface area contributed by atoms with E-state index < -0.39 is 0 Å². The van der Waals surface area contributed by atoms with Crippen molar-refractivity contribution in [2.45, 2.75) is 38.5 Å². The highest BCUT2D eigenvalue weighted by molar-refractivity contribution is 5.58. The van der Waals surface area contributed by atoms with Gasteiger partial charge < -0.3 is 9.47 Å². The molecule has 0 atom stereocenters. The second-order valence-corrected chi connectivity index (χ2v) is 11.3. The average molecular weight is 549 g/mol. The highest BCUT2D eigenvalue weighted by Gasteiger charge is 2.24. The summed E-state index contributed by atoms with van der Waals surface area (Å²) >= 11 is 0. The Kier molecular flexibility index (Phi) is 7.83. The molecule has 5 aromatic rings. The fraction of sp³-hybridized carbons (Fsp3) is 0.158.